The first-order chi connectivity index (χ1) is 5.95. The van der Waals surface area contributed by atoms with Gasteiger partial charge in [-0.05, 0) is 20.8 Å². The van der Waals surface area contributed by atoms with Gasteiger partial charge in [0.2, 0.25) is 0 Å². The summed E-state index contributed by atoms with van der Waals surface area (Å²) in [5, 5.41) is 9.15. The van der Waals surface area contributed by atoms with Crippen LogP contribution < -0.4 is 0 Å². The lowest BCUT2D eigenvalue weighted by atomic mass is 10.3. The van der Waals surface area contributed by atoms with Gasteiger partial charge in [-0.15, -0.1) is 0 Å². The van der Waals surface area contributed by atoms with Crippen molar-refractivity contribution in [2.24, 2.45) is 0 Å². The van der Waals surface area contributed by atoms with E-state index in [2.05, 4.69) is 0 Å². The minimum absolute atomic E-state index is 0.0137. The predicted molar refractivity (Wildman–Crippen MR) is 45.8 cm³/mol. The molecule has 1 aliphatic heterocycles. The van der Waals surface area contributed by atoms with Gasteiger partial charge < -0.3 is 10.0 Å². The number of nitrogens with zero attached hydrogens (tertiary/aromatic N) is 2. The van der Waals surface area contributed by atoms with Crippen LogP contribution in [0.2, 0.25) is 0 Å². The van der Waals surface area contributed by atoms with Crippen LogP contribution in [-0.4, -0.2) is 45.7 Å². The van der Waals surface area contributed by atoms with Crippen molar-refractivity contribution in [2.75, 3.05) is 6.54 Å². The van der Waals surface area contributed by atoms with E-state index < -0.39 is 12.3 Å². The maximum atomic E-state index is 11.5. The Kier molecular flexibility index (Phi) is 2.56. The molecule has 0 spiro atoms. The van der Waals surface area contributed by atoms with Crippen LogP contribution in [0, 0.1) is 0 Å². The highest BCUT2D eigenvalue weighted by molar-refractivity contribution is 6.02. The van der Waals surface area contributed by atoms with E-state index in [1.165, 1.54) is 11.8 Å². The van der Waals surface area contributed by atoms with Gasteiger partial charge in [0.15, 0.2) is 0 Å². The van der Waals surface area contributed by atoms with E-state index in [1.54, 1.807) is 0 Å². The Balaban J connectivity index is 2.82. The van der Waals surface area contributed by atoms with Crippen LogP contribution >= 0.6 is 0 Å². The van der Waals surface area contributed by atoms with E-state index in [0.717, 1.165) is 4.90 Å². The third kappa shape index (κ3) is 1.65. The number of amides is 3. The largest absolute Gasteiger partial charge is 0.373 e. The summed E-state index contributed by atoms with van der Waals surface area (Å²) in [7, 11) is 0. The molecular formula is C8H14N2O3. The number of urea groups is 1. The molecular weight excluding hydrogens is 172 g/mol. The lowest BCUT2D eigenvalue weighted by Crippen LogP contribution is -2.41. The minimum Gasteiger partial charge on any atom is -0.373 e. The summed E-state index contributed by atoms with van der Waals surface area (Å²) in [6, 6.07) is -0.421. The molecule has 5 heteroatoms. The van der Waals surface area contributed by atoms with Crippen LogP contribution in [-0.2, 0) is 4.79 Å². The van der Waals surface area contributed by atoms with E-state index >= 15 is 0 Å². The van der Waals surface area contributed by atoms with E-state index in [4.69, 9.17) is 5.11 Å². The lowest BCUT2D eigenvalue weighted by Gasteiger charge is -2.21. The summed E-state index contributed by atoms with van der Waals surface area (Å²) in [4.78, 5) is 25.0. The Labute approximate surface area is 76.9 Å². The molecule has 1 saturated heterocycles. The fourth-order valence-corrected chi connectivity index (χ4v) is 1.31. The molecule has 1 aliphatic rings. The second-order valence-corrected chi connectivity index (χ2v) is 3.40. The highest BCUT2D eigenvalue weighted by Gasteiger charge is 2.39. The molecule has 0 saturated carbocycles. The number of aliphatic hydroxyl groups excluding tert-OH is 1. The van der Waals surface area contributed by atoms with Crippen LogP contribution in [0.4, 0.5) is 4.79 Å². The summed E-state index contributed by atoms with van der Waals surface area (Å²) >= 11 is 0. The van der Waals surface area contributed by atoms with Gasteiger partial charge in [0.25, 0.3) is 5.91 Å². The van der Waals surface area contributed by atoms with Crippen LogP contribution in [0.5, 0.6) is 0 Å². The maximum absolute atomic E-state index is 11.5. The minimum atomic E-state index is -1.04. The van der Waals surface area contributed by atoms with Crippen molar-refractivity contribution in [3.8, 4) is 0 Å². The van der Waals surface area contributed by atoms with Gasteiger partial charge in [0.05, 0.1) is 0 Å². The maximum Gasteiger partial charge on any atom is 0.329 e. The van der Waals surface area contributed by atoms with Crippen molar-refractivity contribution in [2.45, 2.75) is 33.0 Å². The predicted octanol–water partition coefficient (Wildman–Crippen LogP) is -0.00270. The molecule has 0 bridgehead atoms. The molecule has 0 aromatic carbocycles. The van der Waals surface area contributed by atoms with Crippen molar-refractivity contribution < 1.29 is 14.7 Å². The smallest absolute Gasteiger partial charge is 0.329 e. The quantitative estimate of drug-likeness (QED) is 0.617. The number of aliphatic hydroxyl groups is 1. The number of hydrogen-bond acceptors (Lipinski definition) is 3. The molecule has 1 heterocycles. The average Bonchev–Trinajstić information content (AvgIpc) is 2.26. The summed E-state index contributed by atoms with van der Waals surface area (Å²) in [5.74, 6) is -0.339. The van der Waals surface area contributed by atoms with E-state index in [0.29, 0.717) is 0 Å². The summed E-state index contributed by atoms with van der Waals surface area (Å²) in [6.07, 6.45) is -1.04. The van der Waals surface area contributed by atoms with Gasteiger partial charge in [-0.25, -0.2) is 9.69 Å². The van der Waals surface area contributed by atoms with Crippen LogP contribution in [0.15, 0.2) is 0 Å². The number of imide groups is 1. The number of rotatable bonds is 2. The molecule has 0 aliphatic carbocycles. The zero-order chi connectivity index (χ0) is 10.2. The van der Waals surface area contributed by atoms with Crippen molar-refractivity contribution in [3.63, 3.8) is 0 Å². The molecule has 3 amide bonds. The molecule has 1 N–H and O–H groups in total. The molecule has 1 fully saturated rings. The van der Waals surface area contributed by atoms with Gasteiger partial charge >= 0.3 is 6.03 Å². The molecule has 0 radical (unpaired) electrons. The molecule has 13 heavy (non-hydrogen) atoms. The van der Waals surface area contributed by atoms with Crippen LogP contribution in [0.25, 0.3) is 0 Å². The third-order valence-electron chi connectivity index (χ3n) is 2.02. The van der Waals surface area contributed by atoms with Gasteiger partial charge in [-0.2, -0.15) is 0 Å². The summed E-state index contributed by atoms with van der Waals surface area (Å²) in [5.41, 5.74) is 0. The van der Waals surface area contributed by atoms with Gasteiger partial charge in [-0.3, -0.25) is 4.79 Å². The Hall–Kier alpha value is -1.10. The summed E-state index contributed by atoms with van der Waals surface area (Å²) < 4.78 is 0. The Morgan fingerprint density at radius 3 is 2.08 bits per heavy atom. The zero-order valence-corrected chi connectivity index (χ0v) is 8.02. The highest BCUT2D eigenvalue weighted by Crippen LogP contribution is 2.15. The molecule has 74 valence electrons. The first kappa shape index (κ1) is 9.98. The second-order valence-electron chi connectivity index (χ2n) is 3.40. The van der Waals surface area contributed by atoms with Gasteiger partial charge in [-0.1, -0.05) is 0 Å². The monoisotopic (exact) mass is 186 g/mol. The van der Waals surface area contributed by atoms with Gasteiger partial charge in [0.1, 0.15) is 12.8 Å². The molecule has 0 aromatic rings. The van der Waals surface area contributed by atoms with E-state index in [1.807, 2.05) is 13.8 Å². The van der Waals surface area contributed by atoms with Crippen molar-refractivity contribution >= 4 is 11.9 Å². The Bertz CT molecular complexity index is 238. The highest BCUT2D eigenvalue weighted by atomic mass is 16.3. The molecule has 5 nitrogen and oxygen atoms in total. The molecule has 1 unspecified atom stereocenters. The van der Waals surface area contributed by atoms with Gasteiger partial charge in [0, 0.05) is 6.04 Å². The van der Waals surface area contributed by atoms with Crippen molar-refractivity contribution in [1.82, 2.24) is 9.80 Å². The van der Waals surface area contributed by atoms with Crippen LogP contribution in [0.1, 0.15) is 20.8 Å². The molecule has 0 aromatic heterocycles. The first-order valence-corrected chi connectivity index (χ1v) is 4.26. The second kappa shape index (κ2) is 3.33. The normalized spacial score (nSPS) is 20.4. The Morgan fingerprint density at radius 1 is 1.31 bits per heavy atom. The van der Waals surface area contributed by atoms with Crippen molar-refractivity contribution in [1.29, 1.82) is 0 Å². The standard InChI is InChI=1S/C8H14N2O3/c1-5(2)9-4-7(12)10(6(3)11)8(9)13/h5-6,11H,4H2,1-3H3. The Morgan fingerprint density at radius 2 is 1.85 bits per heavy atom. The zero-order valence-electron chi connectivity index (χ0n) is 8.02. The lowest BCUT2D eigenvalue weighted by molar-refractivity contribution is -0.131. The number of carbonyl (C=O) groups is 2. The SMILES string of the molecule is CC(C)N1CC(=O)N(C(C)O)C1=O. The fraction of sp³-hybridized carbons (Fsp3) is 0.750. The first-order valence-electron chi connectivity index (χ1n) is 4.26. The van der Waals surface area contributed by atoms with E-state index in [9.17, 15) is 9.59 Å². The third-order valence-corrected chi connectivity index (χ3v) is 2.02. The van der Waals surface area contributed by atoms with Crippen molar-refractivity contribution in [3.05, 3.63) is 0 Å². The summed E-state index contributed by atoms with van der Waals surface area (Å²) in [6.45, 7) is 5.13. The number of carbonyl (C=O) groups excluding carboxylic acids is 2. The fourth-order valence-electron chi connectivity index (χ4n) is 1.31. The molecule has 1 rings (SSSR count). The molecule has 1 atom stereocenters. The van der Waals surface area contributed by atoms with Crippen LogP contribution in [0.3, 0.4) is 0 Å². The van der Waals surface area contributed by atoms with E-state index in [-0.39, 0.29) is 18.5 Å². The topological polar surface area (TPSA) is 60.9 Å². The number of hydrogen-bond donors (Lipinski definition) is 1. The average molecular weight is 186 g/mol.